The summed E-state index contributed by atoms with van der Waals surface area (Å²) in [7, 11) is 0. The average molecular weight is 447 g/mol. The van der Waals surface area contributed by atoms with Crippen molar-refractivity contribution in [2.24, 2.45) is 0 Å². The zero-order chi connectivity index (χ0) is 13.6. The number of hydrogen-bond acceptors (Lipinski definition) is 2. The molecule has 0 unspecified atom stereocenters. The van der Waals surface area contributed by atoms with Gasteiger partial charge in [0.1, 0.15) is 17.1 Å². The Morgan fingerprint density at radius 2 is 1.63 bits per heavy atom. The summed E-state index contributed by atoms with van der Waals surface area (Å²) >= 11 is 10.2. The third-order valence-corrected chi connectivity index (χ3v) is 4.96. The van der Waals surface area contributed by atoms with E-state index in [0.717, 1.165) is 21.2 Å². The second-order valence-electron chi connectivity index (χ2n) is 4.01. The third kappa shape index (κ3) is 2.14. The van der Waals surface area contributed by atoms with Crippen molar-refractivity contribution in [3.05, 3.63) is 49.8 Å². The first kappa shape index (κ1) is 13.2. The minimum absolute atomic E-state index is 0.161. The van der Waals surface area contributed by atoms with Gasteiger partial charge in [0.2, 0.25) is 0 Å². The smallest absolute Gasteiger partial charge is 0.149 e. The highest BCUT2D eigenvalue weighted by Gasteiger charge is 2.19. The number of hydrogen-bond donors (Lipinski definition) is 1. The van der Waals surface area contributed by atoms with E-state index in [-0.39, 0.29) is 5.75 Å². The van der Waals surface area contributed by atoms with Crippen LogP contribution in [0.1, 0.15) is 0 Å². The van der Waals surface area contributed by atoms with Crippen LogP contribution < -0.4 is 0 Å². The van der Waals surface area contributed by atoms with Gasteiger partial charge in [-0.3, -0.25) is 0 Å². The minimum Gasteiger partial charge on any atom is -0.506 e. The number of benzene rings is 2. The molecule has 1 heterocycles. The number of furan rings is 1. The van der Waals surface area contributed by atoms with Crippen molar-refractivity contribution >= 4 is 58.8 Å². The van der Waals surface area contributed by atoms with Gasteiger partial charge in [-0.15, -0.1) is 0 Å². The molecule has 1 N–H and O–H groups in total. The first-order chi connectivity index (χ1) is 9.09. The van der Waals surface area contributed by atoms with E-state index < -0.39 is 0 Å². The van der Waals surface area contributed by atoms with Crippen LogP contribution in [0, 0.1) is 0 Å². The lowest BCUT2D eigenvalue weighted by atomic mass is 10.1. The van der Waals surface area contributed by atoms with E-state index in [9.17, 15) is 5.11 Å². The highest BCUT2D eigenvalue weighted by molar-refractivity contribution is 9.11. The SMILES string of the molecule is Oc1c(Br)cc2oc(-c3ccccc3)c(Br)c2c1Br. The predicted molar refractivity (Wildman–Crippen MR) is 86.4 cm³/mol. The Morgan fingerprint density at radius 1 is 0.947 bits per heavy atom. The number of fused-ring (bicyclic) bond motifs is 1. The Labute approximate surface area is 134 Å². The molecular weight excluding hydrogens is 440 g/mol. The van der Waals surface area contributed by atoms with Gasteiger partial charge in [0, 0.05) is 5.56 Å². The maximum absolute atomic E-state index is 9.95. The lowest BCUT2D eigenvalue weighted by Crippen LogP contribution is -1.75. The summed E-state index contributed by atoms with van der Waals surface area (Å²) in [6.45, 7) is 0. The zero-order valence-corrected chi connectivity index (χ0v) is 14.2. The molecule has 0 amide bonds. The molecule has 0 saturated carbocycles. The third-order valence-electron chi connectivity index (χ3n) is 2.82. The van der Waals surface area contributed by atoms with Gasteiger partial charge in [-0.25, -0.2) is 0 Å². The highest BCUT2D eigenvalue weighted by atomic mass is 79.9. The molecule has 0 fully saturated rings. The molecule has 0 atom stereocenters. The van der Waals surface area contributed by atoms with E-state index >= 15 is 0 Å². The van der Waals surface area contributed by atoms with Crippen molar-refractivity contribution in [3.63, 3.8) is 0 Å². The molecule has 2 aromatic carbocycles. The van der Waals surface area contributed by atoms with Crippen molar-refractivity contribution < 1.29 is 9.52 Å². The zero-order valence-electron chi connectivity index (χ0n) is 9.45. The van der Waals surface area contributed by atoms with Crippen molar-refractivity contribution in [3.8, 4) is 17.1 Å². The van der Waals surface area contributed by atoms with E-state index in [2.05, 4.69) is 47.8 Å². The molecule has 2 nitrogen and oxygen atoms in total. The Kier molecular flexibility index (Phi) is 3.45. The van der Waals surface area contributed by atoms with Gasteiger partial charge in [-0.05, 0) is 53.9 Å². The minimum atomic E-state index is 0.161. The monoisotopic (exact) mass is 444 g/mol. The molecule has 0 aliphatic carbocycles. The highest BCUT2D eigenvalue weighted by Crippen LogP contribution is 2.46. The topological polar surface area (TPSA) is 33.4 Å². The van der Waals surface area contributed by atoms with Crippen LogP contribution in [-0.4, -0.2) is 5.11 Å². The van der Waals surface area contributed by atoms with E-state index in [4.69, 9.17) is 4.42 Å². The molecule has 0 spiro atoms. The number of rotatable bonds is 1. The van der Waals surface area contributed by atoms with E-state index in [0.29, 0.717) is 14.5 Å². The van der Waals surface area contributed by atoms with Crippen LogP contribution in [0.2, 0.25) is 0 Å². The summed E-state index contributed by atoms with van der Waals surface area (Å²) in [6, 6.07) is 11.6. The molecule has 3 rings (SSSR count). The Morgan fingerprint density at radius 3 is 2.32 bits per heavy atom. The Balaban J connectivity index is 2.36. The molecule has 0 aliphatic heterocycles. The largest absolute Gasteiger partial charge is 0.506 e. The molecule has 1 aromatic heterocycles. The molecule has 5 heteroatoms. The normalized spacial score (nSPS) is 11.1. The summed E-state index contributed by atoms with van der Waals surface area (Å²) < 4.78 is 7.90. The molecule has 0 radical (unpaired) electrons. The Hall–Kier alpha value is -0.780. The molecule has 0 bridgehead atoms. The van der Waals surface area contributed by atoms with Crippen LogP contribution in [0.25, 0.3) is 22.3 Å². The molecule has 96 valence electrons. The maximum Gasteiger partial charge on any atom is 0.149 e. The molecule has 3 aromatic rings. The van der Waals surface area contributed by atoms with Crippen LogP contribution in [0.4, 0.5) is 0 Å². The summed E-state index contributed by atoms with van der Waals surface area (Å²) in [5, 5.41) is 10.8. The number of halogens is 3. The van der Waals surface area contributed by atoms with Crippen LogP contribution in [-0.2, 0) is 0 Å². The quantitative estimate of drug-likeness (QED) is 0.490. The van der Waals surface area contributed by atoms with Crippen molar-refractivity contribution in [2.45, 2.75) is 0 Å². The number of phenolic OH excluding ortho intramolecular Hbond substituents is 1. The second-order valence-corrected chi connectivity index (χ2v) is 6.45. The van der Waals surface area contributed by atoms with Crippen LogP contribution in [0.3, 0.4) is 0 Å². The fourth-order valence-electron chi connectivity index (χ4n) is 1.92. The van der Waals surface area contributed by atoms with Gasteiger partial charge in [-0.2, -0.15) is 0 Å². The molecule has 0 saturated heterocycles. The van der Waals surface area contributed by atoms with Crippen molar-refractivity contribution in [1.29, 1.82) is 0 Å². The van der Waals surface area contributed by atoms with Gasteiger partial charge in [-0.1, -0.05) is 30.3 Å². The van der Waals surface area contributed by atoms with Gasteiger partial charge < -0.3 is 9.52 Å². The summed E-state index contributed by atoms with van der Waals surface area (Å²) in [5.41, 5.74) is 1.68. The van der Waals surface area contributed by atoms with Crippen molar-refractivity contribution in [1.82, 2.24) is 0 Å². The lowest BCUT2D eigenvalue weighted by molar-refractivity contribution is 0.469. The van der Waals surface area contributed by atoms with E-state index in [1.165, 1.54) is 0 Å². The van der Waals surface area contributed by atoms with Gasteiger partial charge in [0.25, 0.3) is 0 Å². The predicted octanol–water partition coefficient (Wildman–Crippen LogP) is 6.09. The van der Waals surface area contributed by atoms with E-state index in [1.807, 2.05) is 30.3 Å². The average Bonchev–Trinajstić information content (AvgIpc) is 2.74. The van der Waals surface area contributed by atoms with Gasteiger partial charge >= 0.3 is 0 Å². The molecular formula is C14H7Br3O2. The fraction of sp³-hybridized carbons (Fsp3) is 0. The van der Waals surface area contributed by atoms with E-state index in [1.54, 1.807) is 6.07 Å². The van der Waals surface area contributed by atoms with Gasteiger partial charge in [0.05, 0.1) is 18.8 Å². The number of aromatic hydroxyl groups is 1. The van der Waals surface area contributed by atoms with Crippen LogP contribution in [0.5, 0.6) is 5.75 Å². The summed E-state index contributed by atoms with van der Waals surface area (Å²) in [5.74, 6) is 0.905. The van der Waals surface area contributed by atoms with Gasteiger partial charge in [0.15, 0.2) is 0 Å². The fourth-order valence-corrected chi connectivity index (χ4v) is 4.16. The van der Waals surface area contributed by atoms with Crippen molar-refractivity contribution in [2.75, 3.05) is 0 Å². The maximum atomic E-state index is 9.95. The first-order valence-electron chi connectivity index (χ1n) is 5.44. The summed E-state index contributed by atoms with van der Waals surface area (Å²) in [6.07, 6.45) is 0. The first-order valence-corrected chi connectivity index (χ1v) is 7.82. The second kappa shape index (κ2) is 4.96. The standard InChI is InChI=1S/C14H7Br3O2/c15-8-6-9-10(11(16)13(8)18)12(17)14(19-9)7-4-2-1-3-5-7/h1-6,18H. The number of phenols is 1. The molecule has 19 heavy (non-hydrogen) atoms. The Bertz CT molecular complexity index is 763. The van der Waals surface area contributed by atoms with Crippen LogP contribution >= 0.6 is 47.8 Å². The summed E-state index contributed by atoms with van der Waals surface area (Å²) in [4.78, 5) is 0. The lowest BCUT2D eigenvalue weighted by Gasteiger charge is -2.00. The van der Waals surface area contributed by atoms with Crippen LogP contribution in [0.15, 0.2) is 54.2 Å². The molecule has 0 aliphatic rings.